The molecule has 1 aromatic carbocycles. The summed E-state index contributed by atoms with van der Waals surface area (Å²) in [5.41, 5.74) is 1.90. The first-order valence-electron chi connectivity index (χ1n) is 6.81. The lowest BCUT2D eigenvalue weighted by Gasteiger charge is -2.08. The Labute approximate surface area is 124 Å². The van der Waals surface area contributed by atoms with Crippen molar-refractivity contribution in [3.63, 3.8) is 0 Å². The Morgan fingerprint density at radius 3 is 2.62 bits per heavy atom. The van der Waals surface area contributed by atoms with Gasteiger partial charge in [0, 0.05) is 11.3 Å². The molecule has 0 fully saturated rings. The van der Waals surface area contributed by atoms with Crippen LogP contribution in [-0.2, 0) is 23.1 Å². The Morgan fingerprint density at radius 2 is 2.00 bits per heavy atom. The van der Waals surface area contributed by atoms with Crippen LogP contribution in [0.3, 0.4) is 0 Å². The van der Waals surface area contributed by atoms with Gasteiger partial charge in [-0.2, -0.15) is 13.5 Å². The maximum atomic E-state index is 12.2. The molecule has 0 radical (unpaired) electrons. The van der Waals surface area contributed by atoms with Crippen molar-refractivity contribution in [2.75, 3.05) is 4.72 Å². The van der Waals surface area contributed by atoms with Gasteiger partial charge in [0.15, 0.2) is 5.03 Å². The van der Waals surface area contributed by atoms with E-state index >= 15 is 0 Å². The smallest absolute Gasteiger partial charge is 0.279 e. The number of aromatic amines is 1. The number of anilines is 1. The number of aryl methyl sites for hydroxylation is 1. The molecule has 0 aliphatic carbocycles. The molecular weight excluding hydrogens is 290 g/mol. The van der Waals surface area contributed by atoms with Gasteiger partial charge in [0.1, 0.15) is 0 Å². The van der Waals surface area contributed by atoms with Crippen molar-refractivity contribution in [3.8, 4) is 0 Å². The summed E-state index contributed by atoms with van der Waals surface area (Å²) < 4.78 is 26.9. The molecule has 6 nitrogen and oxygen atoms in total. The SMILES string of the molecule is CCCCc1ccc(NS(=O)(=O)c2[nH]ncc2CO)cc1. The van der Waals surface area contributed by atoms with Gasteiger partial charge in [0.2, 0.25) is 0 Å². The van der Waals surface area contributed by atoms with Crippen LogP contribution in [0.25, 0.3) is 0 Å². The van der Waals surface area contributed by atoms with Gasteiger partial charge in [0.25, 0.3) is 10.0 Å². The number of hydrogen-bond acceptors (Lipinski definition) is 4. The summed E-state index contributed by atoms with van der Waals surface area (Å²) in [5, 5.41) is 15.0. The van der Waals surface area contributed by atoms with Crippen molar-refractivity contribution in [2.24, 2.45) is 0 Å². The summed E-state index contributed by atoms with van der Waals surface area (Å²) >= 11 is 0. The first-order chi connectivity index (χ1) is 10.1. The molecule has 114 valence electrons. The van der Waals surface area contributed by atoms with Gasteiger partial charge in [0.05, 0.1) is 12.8 Å². The highest BCUT2D eigenvalue weighted by atomic mass is 32.2. The molecule has 0 atom stereocenters. The fourth-order valence-corrected chi connectivity index (χ4v) is 3.15. The molecule has 2 rings (SSSR count). The van der Waals surface area contributed by atoms with Crippen molar-refractivity contribution in [3.05, 3.63) is 41.6 Å². The first-order valence-corrected chi connectivity index (χ1v) is 8.30. The third kappa shape index (κ3) is 3.83. The average Bonchev–Trinajstić information content (AvgIpc) is 2.95. The molecule has 2 aromatic rings. The maximum Gasteiger partial charge on any atom is 0.279 e. The molecule has 0 saturated carbocycles. The summed E-state index contributed by atoms with van der Waals surface area (Å²) in [7, 11) is -3.77. The summed E-state index contributed by atoms with van der Waals surface area (Å²) in [6.07, 6.45) is 4.51. The third-order valence-electron chi connectivity index (χ3n) is 3.14. The van der Waals surface area contributed by atoms with E-state index in [1.807, 2.05) is 12.1 Å². The fraction of sp³-hybridized carbons (Fsp3) is 0.357. The second-order valence-electron chi connectivity index (χ2n) is 4.79. The quantitative estimate of drug-likeness (QED) is 0.729. The van der Waals surface area contributed by atoms with Gasteiger partial charge in [-0.1, -0.05) is 25.5 Å². The predicted molar refractivity (Wildman–Crippen MR) is 80.4 cm³/mol. The molecule has 0 unspecified atom stereocenters. The van der Waals surface area contributed by atoms with E-state index in [0.717, 1.165) is 19.3 Å². The zero-order chi connectivity index (χ0) is 15.3. The van der Waals surface area contributed by atoms with E-state index in [1.165, 1.54) is 11.8 Å². The van der Waals surface area contributed by atoms with Crippen molar-refractivity contribution in [2.45, 2.75) is 37.8 Å². The second-order valence-corrected chi connectivity index (χ2v) is 6.41. The number of sulfonamides is 1. The van der Waals surface area contributed by atoms with Gasteiger partial charge in [-0.25, -0.2) is 0 Å². The van der Waals surface area contributed by atoms with Crippen LogP contribution in [0, 0.1) is 0 Å². The van der Waals surface area contributed by atoms with Gasteiger partial charge in [-0.3, -0.25) is 9.82 Å². The standard InChI is InChI=1S/C14H19N3O3S/c1-2-3-4-11-5-7-13(8-6-11)17-21(19,20)14-12(10-18)9-15-16-14/h5-9,17-18H,2-4,10H2,1H3,(H,15,16). The number of benzene rings is 1. The molecule has 1 aromatic heterocycles. The lowest BCUT2D eigenvalue weighted by molar-refractivity contribution is 0.278. The molecule has 0 saturated heterocycles. The number of unbranched alkanes of at least 4 members (excludes halogenated alkanes) is 1. The highest BCUT2D eigenvalue weighted by Crippen LogP contribution is 2.18. The minimum atomic E-state index is -3.77. The van der Waals surface area contributed by atoms with Crippen molar-refractivity contribution in [1.82, 2.24) is 10.2 Å². The summed E-state index contributed by atoms with van der Waals surface area (Å²) in [4.78, 5) is 0. The van der Waals surface area contributed by atoms with Crippen LogP contribution >= 0.6 is 0 Å². The normalized spacial score (nSPS) is 11.5. The van der Waals surface area contributed by atoms with E-state index in [-0.39, 0.29) is 17.2 Å². The minimum absolute atomic E-state index is 0.111. The van der Waals surface area contributed by atoms with Gasteiger partial charge in [-0.15, -0.1) is 0 Å². The van der Waals surface area contributed by atoms with Crippen LogP contribution in [0.5, 0.6) is 0 Å². The number of nitrogens with one attached hydrogen (secondary N) is 2. The van der Waals surface area contributed by atoms with Crippen LogP contribution in [0.15, 0.2) is 35.5 Å². The predicted octanol–water partition coefficient (Wildman–Crippen LogP) is 2.05. The zero-order valence-electron chi connectivity index (χ0n) is 11.8. The molecule has 0 aliphatic heterocycles. The largest absolute Gasteiger partial charge is 0.392 e. The zero-order valence-corrected chi connectivity index (χ0v) is 12.7. The van der Waals surface area contributed by atoms with Crippen LogP contribution in [0.4, 0.5) is 5.69 Å². The molecule has 0 bridgehead atoms. The minimum Gasteiger partial charge on any atom is -0.392 e. The highest BCUT2D eigenvalue weighted by molar-refractivity contribution is 7.92. The van der Waals surface area contributed by atoms with E-state index in [2.05, 4.69) is 21.8 Å². The summed E-state index contributed by atoms with van der Waals surface area (Å²) in [6, 6.07) is 7.29. The molecule has 0 spiro atoms. The highest BCUT2D eigenvalue weighted by Gasteiger charge is 2.20. The fourth-order valence-electron chi connectivity index (χ4n) is 1.97. The number of rotatable bonds is 7. The maximum absolute atomic E-state index is 12.2. The summed E-state index contributed by atoms with van der Waals surface area (Å²) in [5.74, 6) is 0. The molecule has 1 heterocycles. The van der Waals surface area contributed by atoms with Crippen molar-refractivity contribution < 1.29 is 13.5 Å². The topological polar surface area (TPSA) is 95.1 Å². The lowest BCUT2D eigenvalue weighted by atomic mass is 10.1. The third-order valence-corrected chi connectivity index (χ3v) is 4.54. The van der Waals surface area contributed by atoms with Crippen molar-refractivity contribution >= 4 is 15.7 Å². The number of aromatic nitrogens is 2. The van der Waals surface area contributed by atoms with Crippen molar-refractivity contribution in [1.29, 1.82) is 0 Å². The molecule has 21 heavy (non-hydrogen) atoms. The molecular formula is C14H19N3O3S. The molecule has 0 amide bonds. The van der Waals surface area contributed by atoms with E-state index in [0.29, 0.717) is 5.69 Å². The second kappa shape index (κ2) is 6.73. The monoisotopic (exact) mass is 309 g/mol. The average molecular weight is 309 g/mol. The first kappa shape index (κ1) is 15.5. The number of H-pyrrole nitrogens is 1. The molecule has 7 heteroatoms. The van der Waals surface area contributed by atoms with Crippen LogP contribution < -0.4 is 4.72 Å². The Hall–Kier alpha value is -1.86. The van der Waals surface area contributed by atoms with Crippen LogP contribution in [-0.4, -0.2) is 23.7 Å². The molecule has 3 N–H and O–H groups in total. The van der Waals surface area contributed by atoms with Gasteiger partial charge in [-0.05, 0) is 30.5 Å². The van der Waals surface area contributed by atoms with E-state index < -0.39 is 10.0 Å². The molecule has 0 aliphatic rings. The summed E-state index contributed by atoms with van der Waals surface area (Å²) in [6.45, 7) is 1.74. The Morgan fingerprint density at radius 1 is 1.29 bits per heavy atom. The number of hydrogen-bond donors (Lipinski definition) is 3. The number of aliphatic hydroxyl groups excluding tert-OH is 1. The van der Waals surface area contributed by atoms with Gasteiger partial charge >= 0.3 is 0 Å². The van der Waals surface area contributed by atoms with E-state index in [4.69, 9.17) is 5.11 Å². The lowest BCUT2D eigenvalue weighted by Crippen LogP contribution is -2.15. The Kier molecular flexibility index (Phi) is 4.98. The number of aliphatic hydroxyl groups is 1. The van der Waals surface area contributed by atoms with Crippen LogP contribution in [0.2, 0.25) is 0 Å². The van der Waals surface area contributed by atoms with Gasteiger partial charge < -0.3 is 5.11 Å². The van der Waals surface area contributed by atoms with E-state index in [1.54, 1.807) is 12.1 Å². The van der Waals surface area contributed by atoms with E-state index in [9.17, 15) is 8.42 Å². The van der Waals surface area contributed by atoms with Crippen LogP contribution in [0.1, 0.15) is 30.9 Å². The number of nitrogens with zero attached hydrogens (tertiary/aromatic N) is 1. The Bertz CT molecular complexity index is 678. The Balaban J connectivity index is 2.13.